The van der Waals surface area contributed by atoms with Gasteiger partial charge in [-0.3, -0.25) is 4.90 Å². The third-order valence-corrected chi connectivity index (χ3v) is 10.5. The molecule has 0 saturated carbocycles. The zero-order valence-electron chi connectivity index (χ0n) is 19.7. The highest BCUT2D eigenvalue weighted by molar-refractivity contribution is 6.74. The Hall–Kier alpha value is -1.84. The van der Waals surface area contributed by atoms with Crippen LogP contribution in [-0.2, 0) is 14.6 Å². The van der Waals surface area contributed by atoms with Gasteiger partial charge >= 0.3 is 6.09 Å². The first kappa shape index (κ1) is 23.4. The Morgan fingerprint density at radius 2 is 1.83 bits per heavy atom. The van der Waals surface area contributed by atoms with Crippen molar-refractivity contribution in [1.29, 1.82) is 5.26 Å². The van der Waals surface area contributed by atoms with Crippen LogP contribution in [-0.4, -0.2) is 33.2 Å². The minimum Gasteiger partial charge on any atom is -0.443 e. The Kier molecular flexibility index (Phi) is 6.02. The van der Waals surface area contributed by atoms with Crippen LogP contribution in [0.15, 0.2) is 12.1 Å². The van der Waals surface area contributed by atoms with Crippen LogP contribution in [0.4, 0.5) is 10.5 Å². The van der Waals surface area contributed by atoms with Crippen molar-refractivity contribution in [2.45, 2.75) is 84.5 Å². The van der Waals surface area contributed by atoms with Crippen LogP contribution in [0.1, 0.15) is 65.2 Å². The molecule has 0 aliphatic carbocycles. The minimum absolute atomic E-state index is 0.0973. The monoisotopic (exact) mass is 416 g/mol. The van der Waals surface area contributed by atoms with E-state index in [0.29, 0.717) is 24.4 Å². The topological polar surface area (TPSA) is 62.6 Å². The molecule has 6 heteroatoms. The lowest BCUT2D eigenvalue weighted by molar-refractivity contribution is 0.0575. The largest absolute Gasteiger partial charge is 0.443 e. The quantitative estimate of drug-likeness (QED) is 0.575. The number of nitriles is 1. The summed E-state index contributed by atoms with van der Waals surface area (Å²) in [5, 5.41) is 9.84. The summed E-state index contributed by atoms with van der Waals surface area (Å²) >= 11 is 0. The first-order valence-electron chi connectivity index (χ1n) is 10.2. The fraction of sp³-hybridized carbons (Fsp3) is 0.652. The Balaban J connectivity index is 2.49. The summed E-state index contributed by atoms with van der Waals surface area (Å²) in [5.74, 6) is 0. The van der Waals surface area contributed by atoms with E-state index in [9.17, 15) is 10.1 Å². The molecule has 1 heterocycles. The van der Waals surface area contributed by atoms with E-state index in [4.69, 9.17) is 9.16 Å². The molecule has 0 radical (unpaired) electrons. The van der Waals surface area contributed by atoms with Gasteiger partial charge in [-0.25, -0.2) is 4.79 Å². The van der Waals surface area contributed by atoms with Crippen LogP contribution in [0.5, 0.6) is 0 Å². The summed E-state index contributed by atoms with van der Waals surface area (Å²) in [5.41, 5.74) is 2.14. The highest BCUT2D eigenvalue weighted by atomic mass is 28.4. The maximum absolute atomic E-state index is 13.0. The first-order chi connectivity index (χ1) is 13.0. The second-order valence-electron chi connectivity index (χ2n) is 11.0. The molecule has 0 bridgehead atoms. The molecule has 0 N–H and O–H groups in total. The fourth-order valence-corrected chi connectivity index (χ4v) is 4.39. The molecule has 0 aromatic heterocycles. The van der Waals surface area contributed by atoms with E-state index in [1.807, 2.05) is 33.8 Å². The molecule has 1 atom stereocenters. The van der Waals surface area contributed by atoms with Gasteiger partial charge in [-0.2, -0.15) is 5.26 Å². The summed E-state index contributed by atoms with van der Waals surface area (Å²) in [6.45, 7) is 21.7. The molecule has 5 nitrogen and oxygen atoms in total. The van der Waals surface area contributed by atoms with E-state index in [2.05, 4.69) is 52.9 Å². The number of hydrogen-bond acceptors (Lipinski definition) is 4. The van der Waals surface area contributed by atoms with Crippen LogP contribution in [0.3, 0.4) is 0 Å². The molecule has 0 spiro atoms. The van der Waals surface area contributed by atoms with Gasteiger partial charge in [0.2, 0.25) is 0 Å². The fourth-order valence-electron chi connectivity index (χ4n) is 3.28. The van der Waals surface area contributed by atoms with E-state index in [1.165, 1.54) is 0 Å². The molecule has 1 unspecified atom stereocenters. The van der Waals surface area contributed by atoms with Crippen LogP contribution >= 0.6 is 0 Å². The van der Waals surface area contributed by atoms with Crippen molar-refractivity contribution in [3.05, 3.63) is 28.8 Å². The summed E-state index contributed by atoms with van der Waals surface area (Å²) in [4.78, 5) is 14.6. The summed E-state index contributed by atoms with van der Waals surface area (Å²) in [6, 6.07) is 6.18. The van der Waals surface area contributed by atoms with Gasteiger partial charge in [0.1, 0.15) is 11.7 Å². The standard InChI is InChI=1S/C23H36N2O3Si/c1-16-11-17(13-24)19-18(12-16)23(8,15-27-29(9,10)22(5,6)7)14-25(19)20(26)28-21(2,3)4/h11-12H,14-15H2,1-10H3. The van der Waals surface area contributed by atoms with Crippen molar-refractivity contribution in [2.24, 2.45) is 0 Å². The second kappa shape index (κ2) is 7.44. The van der Waals surface area contributed by atoms with E-state index in [-0.39, 0.29) is 5.04 Å². The van der Waals surface area contributed by atoms with Crippen LogP contribution in [0.25, 0.3) is 0 Å². The zero-order valence-corrected chi connectivity index (χ0v) is 20.7. The number of nitrogens with zero attached hydrogens (tertiary/aromatic N) is 2. The van der Waals surface area contributed by atoms with Crippen molar-refractivity contribution in [1.82, 2.24) is 0 Å². The van der Waals surface area contributed by atoms with Crippen LogP contribution < -0.4 is 4.90 Å². The molecule has 0 fully saturated rings. The normalized spacial score (nSPS) is 19.7. The van der Waals surface area contributed by atoms with E-state index < -0.39 is 25.4 Å². The average molecular weight is 417 g/mol. The number of rotatable bonds is 3. The molecule has 160 valence electrons. The van der Waals surface area contributed by atoms with Gasteiger partial charge in [0, 0.05) is 18.6 Å². The number of amides is 1. The SMILES string of the molecule is Cc1cc(C#N)c2c(c1)C(C)(CO[Si](C)(C)C(C)(C)C)CN2C(=O)OC(C)(C)C. The number of carbonyl (C=O) groups is 1. The van der Waals surface area contributed by atoms with Crippen molar-refractivity contribution < 1.29 is 14.0 Å². The van der Waals surface area contributed by atoms with E-state index >= 15 is 0 Å². The van der Waals surface area contributed by atoms with Crippen molar-refractivity contribution in [3.63, 3.8) is 0 Å². The number of aryl methyl sites for hydroxylation is 1. The summed E-state index contributed by atoms with van der Waals surface area (Å²) < 4.78 is 12.2. The van der Waals surface area contributed by atoms with Crippen molar-refractivity contribution >= 4 is 20.1 Å². The molecule has 1 amide bonds. The second-order valence-corrected chi connectivity index (χ2v) is 15.8. The van der Waals surface area contributed by atoms with E-state index in [0.717, 1.165) is 11.1 Å². The molecule has 1 aliphatic heterocycles. The van der Waals surface area contributed by atoms with Gasteiger partial charge in [-0.05, 0) is 63.0 Å². The molecule has 29 heavy (non-hydrogen) atoms. The lowest BCUT2D eigenvalue weighted by atomic mass is 9.84. The van der Waals surface area contributed by atoms with Gasteiger partial charge in [-0.1, -0.05) is 33.8 Å². The molecular weight excluding hydrogens is 380 g/mol. The number of anilines is 1. The highest BCUT2D eigenvalue weighted by Gasteiger charge is 2.47. The number of benzene rings is 1. The average Bonchev–Trinajstić information content (AvgIpc) is 2.84. The smallest absolute Gasteiger partial charge is 0.414 e. The van der Waals surface area contributed by atoms with Crippen molar-refractivity contribution in [3.8, 4) is 6.07 Å². The van der Waals surface area contributed by atoms with E-state index in [1.54, 1.807) is 4.90 Å². The third-order valence-electron chi connectivity index (χ3n) is 5.97. The maximum Gasteiger partial charge on any atom is 0.414 e. The first-order valence-corrected chi connectivity index (χ1v) is 13.1. The molecule has 1 aromatic carbocycles. The van der Waals surface area contributed by atoms with Crippen molar-refractivity contribution in [2.75, 3.05) is 18.1 Å². The zero-order chi connectivity index (χ0) is 22.4. The van der Waals surface area contributed by atoms with Crippen LogP contribution in [0.2, 0.25) is 18.1 Å². The van der Waals surface area contributed by atoms with Gasteiger partial charge in [0.05, 0.1) is 11.3 Å². The van der Waals surface area contributed by atoms with Crippen LogP contribution in [0, 0.1) is 18.3 Å². The summed E-state index contributed by atoms with van der Waals surface area (Å²) in [6.07, 6.45) is -0.421. The number of ether oxygens (including phenoxy) is 1. The highest BCUT2D eigenvalue weighted by Crippen LogP contribution is 2.46. The lowest BCUT2D eigenvalue weighted by Crippen LogP contribution is -2.46. The number of fused-ring (bicyclic) bond motifs is 1. The van der Waals surface area contributed by atoms with Gasteiger partial charge < -0.3 is 9.16 Å². The van der Waals surface area contributed by atoms with Gasteiger partial charge in [-0.15, -0.1) is 0 Å². The summed E-state index contributed by atoms with van der Waals surface area (Å²) in [7, 11) is -1.96. The Morgan fingerprint density at radius 3 is 2.31 bits per heavy atom. The maximum atomic E-state index is 13.0. The predicted octanol–water partition coefficient (Wildman–Crippen LogP) is 5.90. The molecule has 2 rings (SSSR count). The third kappa shape index (κ3) is 4.84. The number of carbonyl (C=O) groups excluding carboxylic acids is 1. The Morgan fingerprint density at radius 1 is 1.24 bits per heavy atom. The number of hydrogen-bond donors (Lipinski definition) is 0. The molecular formula is C23H36N2O3Si. The minimum atomic E-state index is -1.96. The Bertz CT molecular complexity index is 843. The van der Waals surface area contributed by atoms with Gasteiger partial charge in [0.15, 0.2) is 8.32 Å². The Labute approximate surface area is 177 Å². The lowest BCUT2D eigenvalue weighted by Gasteiger charge is -2.39. The molecule has 1 aromatic rings. The predicted molar refractivity (Wildman–Crippen MR) is 120 cm³/mol. The molecule has 1 aliphatic rings. The van der Waals surface area contributed by atoms with Gasteiger partial charge in [0.25, 0.3) is 0 Å². The molecule has 0 saturated heterocycles.